The number of carbonyl (C=O) groups is 2. The summed E-state index contributed by atoms with van der Waals surface area (Å²) in [5, 5.41) is 10.3. The van der Waals surface area contributed by atoms with Crippen molar-refractivity contribution >= 4 is 11.7 Å². The lowest BCUT2D eigenvalue weighted by Crippen LogP contribution is -2.37. The van der Waals surface area contributed by atoms with Gasteiger partial charge in [-0.1, -0.05) is 12.1 Å². The summed E-state index contributed by atoms with van der Waals surface area (Å²) in [5.74, 6) is -0.542. The lowest BCUT2D eigenvalue weighted by molar-refractivity contribution is -0.129. The van der Waals surface area contributed by atoms with Crippen LogP contribution in [0.4, 0.5) is 0 Å². The van der Waals surface area contributed by atoms with E-state index >= 15 is 0 Å². The van der Waals surface area contributed by atoms with Crippen molar-refractivity contribution < 1.29 is 19.4 Å². The van der Waals surface area contributed by atoms with E-state index in [1.165, 1.54) is 19.8 Å². The second kappa shape index (κ2) is 7.27. The van der Waals surface area contributed by atoms with E-state index in [-0.39, 0.29) is 11.4 Å². The number of hydrogen-bond donors (Lipinski definition) is 1. The summed E-state index contributed by atoms with van der Waals surface area (Å²) in [6.45, 7) is 4.66. The fourth-order valence-corrected chi connectivity index (χ4v) is 3.66. The molecule has 134 valence electrons. The molecule has 1 N–H and O–H groups in total. The molecule has 1 amide bonds. The highest BCUT2D eigenvalue weighted by atomic mass is 16.5. The van der Waals surface area contributed by atoms with Crippen molar-refractivity contribution in [2.24, 2.45) is 0 Å². The van der Waals surface area contributed by atoms with E-state index < -0.39 is 17.7 Å². The molecule has 2 aliphatic rings. The molecule has 1 saturated heterocycles. The van der Waals surface area contributed by atoms with Crippen LogP contribution in [-0.2, 0) is 9.59 Å². The van der Waals surface area contributed by atoms with Crippen molar-refractivity contribution in [2.75, 3.05) is 33.3 Å². The number of likely N-dealkylation sites (tertiary alicyclic amines) is 1. The summed E-state index contributed by atoms with van der Waals surface area (Å²) in [6, 6.07) is 6.73. The number of benzene rings is 1. The molecular formula is C19H24N2O4. The molecule has 2 heterocycles. The minimum absolute atomic E-state index is 0.166. The zero-order valence-electron chi connectivity index (χ0n) is 14.7. The van der Waals surface area contributed by atoms with Gasteiger partial charge < -0.3 is 19.6 Å². The molecule has 3 rings (SSSR count). The number of rotatable bonds is 6. The number of aliphatic hydroxyl groups is 1. The minimum atomic E-state index is -0.567. The molecule has 0 bridgehead atoms. The molecule has 25 heavy (non-hydrogen) atoms. The number of nitrogens with zero attached hydrogens (tertiary/aromatic N) is 2. The number of ether oxygens (including phenoxy) is 1. The van der Waals surface area contributed by atoms with Crippen LogP contribution in [0, 0.1) is 0 Å². The third-order valence-corrected chi connectivity index (χ3v) is 4.95. The first-order chi connectivity index (χ1) is 12.0. The van der Waals surface area contributed by atoms with Crippen molar-refractivity contribution in [3.05, 3.63) is 41.2 Å². The number of Topliss-reactive ketones (excluding diaryl/α,β-unsaturated/α-hetero) is 1. The Labute approximate surface area is 147 Å². The van der Waals surface area contributed by atoms with Crippen molar-refractivity contribution in [1.82, 2.24) is 9.80 Å². The van der Waals surface area contributed by atoms with Crippen LogP contribution in [0.5, 0.6) is 5.75 Å². The quantitative estimate of drug-likeness (QED) is 0.855. The summed E-state index contributed by atoms with van der Waals surface area (Å²) in [6.07, 6.45) is 2.35. The van der Waals surface area contributed by atoms with Crippen LogP contribution in [0.3, 0.4) is 0 Å². The van der Waals surface area contributed by atoms with Gasteiger partial charge in [0.05, 0.1) is 18.7 Å². The maximum Gasteiger partial charge on any atom is 0.290 e. The molecule has 0 aliphatic carbocycles. The zero-order chi connectivity index (χ0) is 18.0. The van der Waals surface area contributed by atoms with Crippen molar-refractivity contribution in [3.63, 3.8) is 0 Å². The van der Waals surface area contributed by atoms with E-state index in [0.717, 1.165) is 25.2 Å². The largest absolute Gasteiger partial charge is 0.503 e. The summed E-state index contributed by atoms with van der Waals surface area (Å²) >= 11 is 0. The summed E-state index contributed by atoms with van der Waals surface area (Å²) < 4.78 is 5.27. The summed E-state index contributed by atoms with van der Waals surface area (Å²) in [7, 11) is 1.57. The lowest BCUT2D eigenvalue weighted by atomic mass is 9.96. The Kier molecular flexibility index (Phi) is 5.08. The SMILES string of the molecule is COc1cccc(C2C(C(C)=O)=C(O)C(=O)N2CCN2CCCC2)c1. The number of aliphatic hydroxyl groups excluding tert-OH is 1. The molecule has 6 heteroatoms. The Morgan fingerprint density at radius 3 is 2.64 bits per heavy atom. The van der Waals surface area contributed by atoms with Crippen LogP contribution in [0.25, 0.3) is 0 Å². The van der Waals surface area contributed by atoms with Gasteiger partial charge in [-0.2, -0.15) is 0 Å². The zero-order valence-corrected chi connectivity index (χ0v) is 14.7. The predicted octanol–water partition coefficient (Wildman–Crippen LogP) is 2.08. The standard InChI is InChI=1S/C19H24N2O4/c1-13(22)16-17(14-6-5-7-15(12-14)25-2)21(19(24)18(16)23)11-10-20-8-3-4-9-20/h5-7,12,17,23H,3-4,8-11H2,1-2H3. The highest BCUT2D eigenvalue weighted by molar-refractivity contribution is 6.08. The van der Waals surface area contributed by atoms with Gasteiger partial charge in [0.2, 0.25) is 0 Å². The second-order valence-corrected chi connectivity index (χ2v) is 6.54. The van der Waals surface area contributed by atoms with E-state index in [4.69, 9.17) is 4.74 Å². The topological polar surface area (TPSA) is 70.1 Å². The van der Waals surface area contributed by atoms with E-state index in [1.54, 1.807) is 12.0 Å². The van der Waals surface area contributed by atoms with Crippen LogP contribution in [0.2, 0.25) is 0 Å². The Balaban J connectivity index is 1.91. The second-order valence-electron chi connectivity index (χ2n) is 6.54. The van der Waals surface area contributed by atoms with Crippen molar-refractivity contribution in [2.45, 2.75) is 25.8 Å². The Bertz CT molecular complexity index is 707. The van der Waals surface area contributed by atoms with Crippen molar-refractivity contribution in [1.29, 1.82) is 0 Å². The Morgan fingerprint density at radius 2 is 2.00 bits per heavy atom. The van der Waals surface area contributed by atoms with Gasteiger partial charge in [-0.15, -0.1) is 0 Å². The van der Waals surface area contributed by atoms with Gasteiger partial charge in [-0.25, -0.2) is 0 Å². The van der Waals surface area contributed by atoms with Gasteiger partial charge in [-0.05, 0) is 50.6 Å². The minimum Gasteiger partial charge on any atom is -0.503 e. The molecular weight excluding hydrogens is 320 g/mol. The van der Waals surface area contributed by atoms with E-state index in [1.807, 2.05) is 24.3 Å². The first kappa shape index (κ1) is 17.5. The molecule has 6 nitrogen and oxygen atoms in total. The van der Waals surface area contributed by atoms with Crippen LogP contribution in [0.1, 0.15) is 31.4 Å². The van der Waals surface area contributed by atoms with E-state index in [2.05, 4.69) is 4.90 Å². The molecule has 1 fully saturated rings. The number of methoxy groups -OCH3 is 1. The highest BCUT2D eigenvalue weighted by Crippen LogP contribution is 2.38. The molecule has 1 aromatic carbocycles. The predicted molar refractivity (Wildman–Crippen MR) is 93.5 cm³/mol. The third-order valence-electron chi connectivity index (χ3n) is 4.95. The van der Waals surface area contributed by atoms with Gasteiger partial charge in [0.1, 0.15) is 5.75 Å². The number of amides is 1. The molecule has 2 aliphatic heterocycles. The lowest BCUT2D eigenvalue weighted by Gasteiger charge is -2.28. The van der Waals surface area contributed by atoms with Gasteiger partial charge in [0, 0.05) is 13.1 Å². The normalized spacial score (nSPS) is 21.3. The van der Waals surface area contributed by atoms with Crippen LogP contribution in [-0.4, -0.2) is 59.9 Å². The smallest absolute Gasteiger partial charge is 0.290 e. The maximum absolute atomic E-state index is 12.6. The number of carbonyl (C=O) groups excluding carboxylic acids is 2. The van der Waals surface area contributed by atoms with Gasteiger partial charge in [0.15, 0.2) is 11.5 Å². The van der Waals surface area contributed by atoms with Crippen LogP contribution in [0.15, 0.2) is 35.6 Å². The fourth-order valence-electron chi connectivity index (χ4n) is 3.66. The monoisotopic (exact) mass is 344 g/mol. The Hall–Kier alpha value is -2.34. The average molecular weight is 344 g/mol. The number of ketones is 1. The van der Waals surface area contributed by atoms with Gasteiger partial charge >= 0.3 is 0 Å². The number of hydrogen-bond acceptors (Lipinski definition) is 5. The summed E-state index contributed by atoms with van der Waals surface area (Å²) in [5.41, 5.74) is 0.933. The highest BCUT2D eigenvalue weighted by Gasteiger charge is 2.42. The molecule has 1 aromatic rings. The molecule has 1 atom stereocenters. The molecule has 1 unspecified atom stereocenters. The average Bonchev–Trinajstić information content (AvgIpc) is 3.21. The first-order valence-electron chi connectivity index (χ1n) is 8.64. The summed E-state index contributed by atoms with van der Waals surface area (Å²) in [4.78, 5) is 28.6. The molecule has 0 radical (unpaired) electrons. The fraction of sp³-hybridized carbons (Fsp3) is 0.474. The van der Waals surface area contributed by atoms with Crippen LogP contribution >= 0.6 is 0 Å². The third kappa shape index (κ3) is 3.39. The van der Waals surface area contributed by atoms with Crippen molar-refractivity contribution in [3.8, 4) is 5.75 Å². The van der Waals surface area contributed by atoms with E-state index in [9.17, 15) is 14.7 Å². The van der Waals surface area contributed by atoms with Gasteiger partial charge in [0.25, 0.3) is 5.91 Å². The maximum atomic E-state index is 12.6. The molecule has 0 spiro atoms. The Morgan fingerprint density at radius 1 is 1.28 bits per heavy atom. The van der Waals surface area contributed by atoms with E-state index in [0.29, 0.717) is 12.3 Å². The van der Waals surface area contributed by atoms with Crippen LogP contribution < -0.4 is 4.74 Å². The molecule has 0 saturated carbocycles. The van der Waals surface area contributed by atoms with Gasteiger partial charge in [-0.3, -0.25) is 9.59 Å². The molecule has 0 aromatic heterocycles. The first-order valence-corrected chi connectivity index (χ1v) is 8.64.